The predicted molar refractivity (Wildman–Crippen MR) is 73.9 cm³/mol. The van der Waals surface area contributed by atoms with Crippen LogP contribution in [0, 0.1) is 17.6 Å². The van der Waals surface area contributed by atoms with Crippen LogP contribution in [0.1, 0.15) is 17.9 Å². The fraction of sp³-hybridized carbons (Fsp3) is 0.500. The summed E-state index contributed by atoms with van der Waals surface area (Å²) < 4.78 is 26.5. The number of hydrogen-bond donors (Lipinski definition) is 1. The molecule has 6 heteroatoms. The van der Waals surface area contributed by atoms with E-state index in [1.54, 1.807) is 0 Å². The molecular weight excluding hydrogens is 286 g/mol. The summed E-state index contributed by atoms with van der Waals surface area (Å²) in [4.78, 5) is 14.1. The zero-order valence-electron chi connectivity index (χ0n) is 10.9. The Kier molecular flexibility index (Phi) is 4.60. The number of carbonyl (C=O) groups excluding carboxylic acids is 1. The van der Waals surface area contributed by atoms with Crippen LogP contribution >= 0.6 is 12.4 Å². The summed E-state index contributed by atoms with van der Waals surface area (Å²) in [5.41, 5.74) is 0.467. The second kappa shape index (κ2) is 6.06. The van der Waals surface area contributed by atoms with Gasteiger partial charge >= 0.3 is 0 Å². The van der Waals surface area contributed by atoms with E-state index in [4.69, 9.17) is 0 Å². The maximum absolute atomic E-state index is 13.6. The number of hydrogen-bond acceptors (Lipinski definition) is 2. The van der Waals surface area contributed by atoms with E-state index in [1.807, 2.05) is 4.90 Å². The first-order chi connectivity index (χ1) is 9.16. The normalized spacial score (nSPS) is 25.0. The zero-order valence-corrected chi connectivity index (χ0v) is 11.8. The monoisotopic (exact) mass is 302 g/mol. The second-order valence-electron chi connectivity index (χ2n) is 5.19. The van der Waals surface area contributed by atoms with E-state index < -0.39 is 11.6 Å². The minimum atomic E-state index is -0.577. The lowest BCUT2D eigenvalue weighted by atomic mass is 10.1. The summed E-state index contributed by atoms with van der Waals surface area (Å²) in [6.07, 6.45) is 0.672. The molecule has 1 saturated heterocycles. The standard InChI is InChI=1S/C14H16F2N2O.ClH/c15-9-1-2-10(13(16)7-9)11-8-12(11)14(19)18-5-3-17-4-6-18;/h1-2,7,11-12,17H,3-6,8H2;1H. The van der Waals surface area contributed by atoms with Crippen LogP contribution in [0.3, 0.4) is 0 Å². The summed E-state index contributed by atoms with van der Waals surface area (Å²) in [6.45, 7) is 3.06. The van der Waals surface area contributed by atoms with Gasteiger partial charge in [0.05, 0.1) is 0 Å². The van der Waals surface area contributed by atoms with Crippen molar-refractivity contribution in [1.29, 1.82) is 0 Å². The van der Waals surface area contributed by atoms with Crippen molar-refractivity contribution in [3.05, 3.63) is 35.4 Å². The number of benzene rings is 1. The Labute approximate surface area is 122 Å². The van der Waals surface area contributed by atoms with Gasteiger partial charge in [0.2, 0.25) is 5.91 Å². The molecule has 3 rings (SSSR count). The maximum Gasteiger partial charge on any atom is 0.226 e. The Morgan fingerprint density at radius 2 is 1.95 bits per heavy atom. The van der Waals surface area contributed by atoms with Gasteiger partial charge in [0.1, 0.15) is 11.6 Å². The number of nitrogens with zero attached hydrogens (tertiary/aromatic N) is 1. The van der Waals surface area contributed by atoms with Gasteiger partial charge in [-0.2, -0.15) is 0 Å². The molecule has 1 aliphatic carbocycles. The molecule has 0 spiro atoms. The Bertz CT molecular complexity index is 506. The first-order valence-electron chi connectivity index (χ1n) is 6.61. The molecule has 1 N–H and O–H groups in total. The van der Waals surface area contributed by atoms with Gasteiger partial charge in [-0.3, -0.25) is 4.79 Å². The average molecular weight is 303 g/mol. The number of rotatable bonds is 2. The van der Waals surface area contributed by atoms with Crippen LogP contribution in [0.5, 0.6) is 0 Å². The van der Waals surface area contributed by atoms with Crippen molar-refractivity contribution in [2.45, 2.75) is 12.3 Å². The fourth-order valence-corrected chi connectivity index (χ4v) is 2.73. The van der Waals surface area contributed by atoms with E-state index in [-0.39, 0.29) is 30.2 Å². The van der Waals surface area contributed by atoms with Crippen molar-refractivity contribution in [2.24, 2.45) is 5.92 Å². The van der Waals surface area contributed by atoms with Crippen molar-refractivity contribution in [3.63, 3.8) is 0 Å². The van der Waals surface area contributed by atoms with E-state index in [9.17, 15) is 13.6 Å². The fourth-order valence-electron chi connectivity index (χ4n) is 2.73. The molecule has 1 aromatic carbocycles. The summed E-state index contributed by atoms with van der Waals surface area (Å²) >= 11 is 0. The Morgan fingerprint density at radius 3 is 2.60 bits per heavy atom. The first kappa shape index (κ1) is 15.2. The smallest absolute Gasteiger partial charge is 0.226 e. The average Bonchev–Trinajstić information content (AvgIpc) is 3.19. The van der Waals surface area contributed by atoms with Crippen LogP contribution < -0.4 is 5.32 Å². The number of amides is 1. The number of piperazine rings is 1. The van der Waals surface area contributed by atoms with Crippen molar-refractivity contribution >= 4 is 18.3 Å². The number of halogens is 3. The van der Waals surface area contributed by atoms with Crippen LogP contribution in [0.25, 0.3) is 0 Å². The summed E-state index contributed by atoms with van der Waals surface area (Å²) in [7, 11) is 0. The highest BCUT2D eigenvalue weighted by Crippen LogP contribution is 2.49. The maximum atomic E-state index is 13.6. The molecule has 2 fully saturated rings. The molecular formula is C14H17ClF2N2O. The van der Waals surface area contributed by atoms with Crippen LogP contribution in [0.2, 0.25) is 0 Å². The van der Waals surface area contributed by atoms with Crippen LogP contribution in [-0.4, -0.2) is 37.0 Å². The zero-order chi connectivity index (χ0) is 13.4. The minimum Gasteiger partial charge on any atom is -0.340 e. The Morgan fingerprint density at radius 1 is 1.25 bits per heavy atom. The van der Waals surface area contributed by atoms with Crippen molar-refractivity contribution < 1.29 is 13.6 Å². The first-order valence-corrected chi connectivity index (χ1v) is 6.61. The predicted octanol–water partition coefficient (Wildman–Crippen LogP) is 1.92. The molecule has 1 amide bonds. The van der Waals surface area contributed by atoms with Gasteiger partial charge in [-0.25, -0.2) is 8.78 Å². The van der Waals surface area contributed by atoms with E-state index in [0.29, 0.717) is 25.1 Å². The lowest BCUT2D eigenvalue weighted by Gasteiger charge is -2.27. The van der Waals surface area contributed by atoms with Gasteiger partial charge in [0.25, 0.3) is 0 Å². The number of carbonyl (C=O) groups is 1. The van der Waals surface area contributed by atoms with Gasteiger partial charge in [0, 0.05) is 38.2 Å². The molecule has 1 aliphatic heterocycles. The van der Waals surface area contributed by atoms with Gasteiger partial charge in [-0.1, -0.05) is 6.07 Å². The molecule has 0 bridgehead atoms. The van der Waals surface area contributed by atoms with Crippen molar-refractivity contribution in [2.75, 3.05) is 26.2 Å². The van der Waals surface area contributed by atoms with E-state index in [2.05, 4.69) is 5.32 Å². The second-order valence-corrected chi connectivity index (χ2v) is 5.19. The van der Waals surface area contributed by atoms with Gasteiger partial charge < -0.3 is 10.2 Å². The van der Waals surface area contributed by atoms with Crippen LogP contribution in [0.15, 0.2) is 18.2 Å². The lowest BCUT2D eigenvalue weighted by Crippen LogP contribution is -2.47. The third kappa shape index (κ3) is 2.94. The summed E-state index contributed by atoms with van der Waals surface area (Å²) in [5, 5.41) is 3.19. The van der Waals surface area contributed by atoms with E-state index in [1.165, 1.54) is 12.1 Å². The van der Waals surface area contributed by atoms with Crippen LogP contribution in [-0.2, 0) is 4.79 Å². The van der Waals surface area contributed by atoms with Crippen molar-refractivity contribution in [3.8, 4) is 0 Å². The lowest BCUT2D eigenvalue weighted by molar-refractivity contribution is -0.133. The SMILES string of the molecule is Cl.O=C(C1CC1c1ccc(F)cc1F)N1CCNCC1. The molecule has 2 aliphatic rings. The van der Waals surface area contributed by atoms with E-state index >= 15 is 0 Å². The quantitative estimate of drug-likeness (QED) is 0.905. The molecule has 3 nitrogen and oxygen atoms in total. The molecule has 0 aromatic heterocycles. The third-order valence-electron chi connectivity index (χ3n) is 3.90. The highest BCUT2D eigenvalue weighted by molar-refractivity contribution is 5.85. The molecule has 2 unspecified atom stereocenters. The molecule has 1 saturated carbocycles. The van der Waals surface area contributed by atoms with Gasteiger partial charge in [0.15, 0.2) is 0 Å². The minimum absolute atomic E-state index is 0. The highest BCUT2D eigenvalue weighted by Gasteiger charge is 2.46. The molecule has 110 valence electrons. The molecule has 0 radical (unpaired) electrons. The van der Waals surface area contributed by atoms with Gasteiger partial charge in [-0.05, 0) is 24.0 Å². The third-order valence-corrected chi connectivity index (χ3v) is 3.90. The molecule has 2 atom stereocenters. The summed E-state index contributed by atoms with van der Waals surface area (Å²) in [6, 6.07) is 3.60. The van der Waals surface area contributed by atoms with Crippen molar-refractivity contribution in [1.82, 2.24) is 10.2 Å². The molecule has 1 aromatic rings. The van der Waals surface area contributed by atoms with E-state index in [0.717, 1.165) is 19.2 Å². The highest BCUT2D eigenvalue weighted by atomic mass is 35.5. The Balaban J connectivity index is 0.00000147. The van der Waals surface area contributed by atoms with Crippen LogP contribution in [0.4, 0.5) is 8.78 Å². The van der Waals surface area contributed by atoms with Gasteiger partial charge in [-0.15, -0.1) is 12.4 Å². The largest absolute Gasteiger partial charge is 0.340 e. The molecule has 1 heterocycles. The Hall–Kier alpha value is -1.20. The summed E-state index contributed by atoms with van der Waals surface area (Å²) in [5.74, 6) is -1.22. The molecule has 20 heavy (non-hydrogen) atoms. The number of nitrogens with one attached hydrogen (secondary N) is 1. The topological polar surface area (TPSA) is 32.3 Å².